The molecular weight excluding hydrogens is 549 g/mol. The minimum absolute atomic E-state index is 0.0586. The lowest BCUT2D eigenvalue weighted by atomic mass is 9.84. The molecule has 1 fully saturated rings. The first-order valence-corrected chi connectivity index (χ1v) is 13.6. The molecule has 0 unspecified atom stereocenters. The van der Waals surface area contributed by atoms with Crippen molar-refractivity contribution in [2.75, 3.05) is 26.2 Å². The van der Waals surface area contributed by atoms with Gasteiger partial charge in [-0.15, -0.1) is 0 Å². The second-order valence-corrected chi connectivity index (χ2v) is 10.4. The summed E-state index contributed by atoms with van der Waals surface area (Å²) in [5, 5.41) is 30.4. The fourth-order valence-electron chi connectivity index (χ4n) is 4.69. The lowest BCUT2D eigenvalue weighted by Gasteiger charge is -2.38. The Morgan fingerprint density at radius 1 is 1.00 bits per heavy atom. The number of phenols is 1. The Bertz CT molecular complexity index is 1490. The van der Waals surface area contributed by atoms with E-state index in [1.54, 1.807) is 0 Å². The fourth-order valence-corrected chi connectivity index (χ4v) is 4.99. The van der Waals surface area contributed by atoms with E-state index in [4.69, 9.17) is 44.2 Å². The molecule has 0 saturated carbocycles. The van der Waals surface area contributed by atoms with Crippen LogP contribution in [0.3, 0.4) is 0 Å². The molecule has 1 amide bonds. The predicted molar refractivity (Wildman–Crippen MR) is 160 cm³/mol. The molecule has 1 aliphatic heterocycles. The quantitative estimate of drug-likeness (QED) is 0.200. The van der Waals surface area contributed by atoms with Gasteiger partial charge in [0.05, 0.1) is 10.6 Å². The number of likely N-dealkylation sites (tertiary alicyclic amines) is 1. The molecule has 7 nitrogen and oxygen atoms in total. The van der Waals surface area contributed by atoms with Crippen LogP contribution in [0.2, 0.25) is 10.0 Å². The highest BCUT2D eigenvalue weighted by atomic mass is 35.5. The van der Waals surface area contributed by atoms with Gasteiger partial charge < -0.3 is 26.1 Å². The van der Waals surface area contributed by atoms with E-state index in [-0.39, 0.29) is 16.3 Å². The van der Waals surface area contributed by atoms with Gasteiger partial charge in [0.1, 0.15) is 18.1 Å². The molecular formula is C31H31Cl2N3O4. The number of primary amides is 1. The Morgan fingerprint density at radius 2 is 1.68 bits per heavy atom. The minimum Gasteiger partial charge on any atom is -0.506 e. The van der Waals surface area contributed by atoms with Gasteiger partial charge in [0.15, 0.2) is 0 Å². The first-order chi connectivity index (χ1) is 19.2. The molecule has 40 heavy (non-hydrogen) atoms. The Kier molecular flexibility index (Phi) is 9.66. The number of nitrogens with zero attached hydrogens (tertiary/aromatic N) is 1. The van der Waals surface area contributed by atoms with Crippen LogP contribution in [-0.4, -0.2) is 53.5 Å². The Morgan fingerprint density at radius 3 is 2.30 bits per heavy atom. The Hall–Kier alpha value is -3.62. The van der Waals surface area contributed by atoms with Crippen LogP contribution in [-0.2, 0) is 5.60 Å². The van der Waals surface area contributed by atoms with Crippen LogP contribution in [0.15, 0.2) is 78.9 Å². The molecule has 0 aromatic heterocycles. The van der Waals surface area contributed by atoms with Crippen molar-refractivity contribution in [2.45, 2.75) is 18.4 Å². The zero-order chi connectivity index (χ0) is 28.7. The number of piperidine rings is 1. The molecule has 0 aliphatic carbocycles. The van der Waals surface area contributed by atoms with Gasteiger partial charge in [-0.1, -0.05) is 59.6 Å². The average molecular weight is 581 g/mol. The van der Waals surface area contributed by atoms with Crippen molar-refractivity contribution in [1.29, 1.82) is 5.41 Å². The number of nitrogens with one attached hydrogen (secondary N) is 1. The van der Waals surface area contributed by atoms with Gasteiger partial charge >= 0.3 is 0 Å². The van der Waals surface area contributed by atoms with E-state index in [1.165, 1.54) is 24.4 Å². The largest absolute Gasteiger partial charge is 0.506 e. The third kappa shape index (κ3) is 7.11. The number of phenolic OH excluding ortho intramolecular Hbond substituents is 1. The molecule has 4 aromatic carbocycles. The van der Waals surface area contributed by atoms with Gasteiger partial charge in [-0.2, -0.15) is 0 Å². The highest BCUT2D eigenvalue weighted by Crippen LogP contribution is 2.33. The van der Waals surface area contributed by atoms with Crippen LogP contribution in [0.4, 0.5) is 0 Å². The number of aromatic hydroxyl groups is 1. The summed E-state index contributed by atoms with van der Waals surface area (Å²) in [7, 11) is 0. The molecule has 4 aromatic rings. The summed E-state index contributed by atoms with van der Waals surface area (Å²) in [5.74, 6) is 0.226. The predicted octanol–water partition coefficient (Wildman–Crippen LogP) is 6.00. The van der Waals surface area contributed by atoms with E-state index >= 15 is 0 Å². The van der Waals surface area contributed by atoms with Gasteiger partial charge in [0, 0.05) is 47.4 Å². The number of hydrogen-bond acceptors (Lipinski definition) is 6. The molecule has 0 bridgehead atoms. The molecule has 1 aliphatic rings. The number of carbonyl (C=O) groups is 1. The molecule has 0 atom stereocenters. The topological polar surface area (TPSA) is 120 Å². The number of nitrogens with two attached hydrogens (primary N) is 1. The second kappa shape index (κ2) is 13.2. The van der Waals surface area contributed by atoms with Crippen LogP contribution >= 0.6 is 23.2 Å². The number of rotatable bonds is 7. The second-order valence-electron chi connectivity index (χ2n) is 9.60. The maximum atomic E-state index is 11.0. The number of amides is 1. The van der Waals surface area contributed by atoms with Gasteiger partial charge in [0.25, 0.3) is 0 Å². The van der Waals surface area contributed by atoms with E-state index in [0.29, 0.717) is 24.5 Å². The number of halogens is 2. The zero-order valence-corrected chi connectivity index (χ0v) is 23.3. The molecule has 1 saturated heterocycles. The number of carbonyl (C=O) groups excluding carboxylic acids is 1. The van der Waals surface area contributed by atoms with Gasteiger partial charge in [-0.25, -0.2) is 0 Å². The van der Waals surface area contributed by atoms with Gasteiger partial charge in [-0.05, 0) is 66.3 Å². The summed E-state index contributed by atoms with van der Waals surface area (Å²) < 4.78 is 6.08. The van der Waals surface area contributed by atoms with E-state index in [1.807, 2.05) is 60.7 Å². The van der Waals surface area contributed by atoms with Crippen LogP contribution < -0.4 is 10.5 Å². The number of aliphatic hydroxyl groups is 1. The van der Waals surface area contributed by atoms with Crippen LogP contribution in [0.5, 0.6) is 11.5 Å². The minimum atomic E-state index is -0.777. The van der Waals surface area contributed by atoms with Gasteiger partial charge in [0.2, 0.25) is 5.91 Å². The normalized spacial score (nSPS) is 14.7. The number of ether oxygens (including phenoxy) is 1. The molecule has 0 spiro atoms. The first kappa shape index (κ1) is 29.4. The average Bonchev–Trinajstić information content (AvgIpc) is 2.96. The van der Waals surface area contributed by atoms with Crippen molar-refractivity contribution in [3.05, 3.63) is 106 Å². The smallest absolute Gasteiger partial charge is 0.248 e. The van der Waals surface area contributed by atoms with E-state index in [9.17, 15) is 9.90 Å². The number of benzene rings is 4. The first-order valence-electron chi connectivity index (χ1n) is 12.8. The van der Waals surface area contributed by atoms with Crippen molar-refractivity contribution in [2.24, 2.45) is 5.73 Å². The summed E-state index contributed by atoms with van der Waals surface area (Å²) in [6, 6.07) is 23.5. The Balaban J connectivity index is 0.000000283. The van der Waals surface area contributed by atoms with E-state index < -0.39 is 11.5 Å². The standard InChI is InChI=1S/C24H25ClN2O2.C7H6ClNO2/c25-20-8-6-19(7-9-20)24(28)11-13-27(14-12-24)15-16-29-23-10-5-18(17-26)21-3-1-2-4-22(21)23;8-5-3-4(7(9)11)1-2-6(5)10/h1-10,17,26,28H,11-16H2;1-3,10H,(H2,9,11). The van der Waals surface area contributed by atoms with Crippen LogP contribution in [0.25, 0.3) is 10.8 Å². The molecule has 208 valence electrons. The lowest BCUT2D eigenvalue weighted by molar-refractivity contribution is -0.0277. The molecule has 9 heteroatoms. The van der Waals surface area contributed by atoms with Gasteiger partial charge in [-0.3, -0.25) is 9.69 Å². The SMILES string of the molecule is N=Cc1ccc(OCCN2CCC(O)(c3ccc(Cl)cc3)CC2)c2ccccc12.NC(=O)c1ccc(O)c(Cl)c1. The zero-order valence-electron chi connectivity index (χ0n) is 21.8. The fraction of sp³-hybridized carbons (Fsp3) is 0.226. The summed E-state index contributed by atoms with van der Waals surface area (Å²) in [5.41, 5.74) is 6.30. The third-order valence-electron chi connectivity index (χ3n) is 7.04. The van der Waals surface area contributed by atoms with Crippen molar-refractivity contribution < 1.29 is 19.7 Å². The summed E-state index contributed by atoms with van der Waals surface area (Å²) >= 11 is 11.5. The monoisotopic (exact) mass is 579 g/mol. The lowest BCUT2D eigenvalue weighted by Crippen LogP contribution is -2.43. The highest BCUT2D eigenvalue weighted by Gasteiger charge is 2.33. The van der Waals surface area contributed by atoms with Crippen molar-refractivity contribution in [3.8, 4) is 11.5 Å². The Labute approximate surface area is 243 Å². The van der Waals surface area contributed by atoms with Crippen molar-refractivity contribution in [1.82, 2.24) is 4.90 Å². The molecule has 1 heterocycles. The van der Waals surface area contributed by atoms with Crippen molar-refractivity contribution >= 4 is 46.1 Å². The summed E-state index contributed by atoms with van der Waals surface area (Å²) in [6.45, 7) is 3.07. The van der Waals surface area contributed by atoms with Crippen molar-refractivity contribution in [3.63, 3.8) is 0 Å². The van der Waals surface area contributed by atoms with E-state index in [0.717, 1.165) is 47.3 Å². The maximum absolute atomic E-state index is 11.0. The maximum Gasteiger partial charge on any atom is 0.248 e. The molecule has 5 rings (SSSR count). The van der Waals surface area contributed by atoms with Crippen LogP contribution in [0, 0.1) is 5.41 Å². The number of hydrogen-bond donors (Lipinski definition) is 4. The summed E-state index contributed by atoms with van der Waals surface area (Å²) in [4.78, 5) is 12.9. The van der Waals surface area contributed by atoms with Crippen LogP contribution in [0.1, 0.15) is 34.3 Å². The molecule has 5 N–H and O–H groups in total. The molecule has 0 radical (unpaired) electrons. The number of fused-ring (bicyclic) bond motifs is 1. The highest BCUT2D eigenvalue weighted by molar-refractivity contribution is 6.32. The van der Waals surface area contributed by atoms with E-state index in [2.05, 4.69) is 4.90 Å². The summed E-state index contributed by atoms with van der Waals surface area (Å²) in [6.07, 6.45) is 2.78. The third-order valence-corrected chi connectivity index (χ3v) is 7.59.